The quantitative estimate of drug-likeness (QED) is 0.944. The fourth-order valence-electron chi connectivity index (χ4n) is 2.07. The smallest absolute Gasteiger partial charge is 0.168 e. The van der Waals surface area contributed by atoms with E-state index in [1.807, 2.05) is 11.4 Å². The van der Waals surface area contributed by atoms with Gasteiger partial charge in [0.1, 0.15) is 11.8 Å². The third-order valence-electron chi connectivity index (χ3n) is 3.16. The monoisotopic (exact) mass is 290 g/mol. The molecule has 2 aromatic rings. The molecule has 3 rings (SSSR count). The van der Waals surface area contributed by atoms with Gasteiger partial charge in [0.2, 0.25) is 0 Å². The summed E-state index contributed by atoms with van der Waals surface area (Å²) >= 11 is 7.65. The standard InChI is InChI=1S/C14H11ClN2OS/c15-11-4-3-10(7-16)12(6-11)18-14(8-17-9-14)13-2-1-5-19-13/h1-6,17H,8-9H2. The molecule has 0 spiro atoms. The van der Waals surface area contributed by atoms with E-state index in [0.29, 0.717) is 16.3 Å². The molecule has 0 aliphatic carbocycles. The second-order valence-corrected chi connectivity index (χ2v) is 5.81. The van der Waals surface area contributed by atoms with Crippen molar-refractivity contribution >= 4 is 22.9 Å². The van der Waals surface area contributed by atoms with E-state index in [9.17, 15) is 0 Å². The topological polar surface area (TPSA) is 45.0 Å². The zero-order valence-corrected chi connectivity index (χ0v) is 11.6. The van der Waals surface area contributed by atoms with Crippen LogP contribution in [-0.4, -0.2) is 13.1 Å². The molecule has 19 heavy (non-hydrogen) atoms. The van der Waals surface area contributed by atoms with Gasteiger partial charge >= 0.3 is 0 Å². The number of hydrogen-bond donors (Lipinski definition) is 1. The van der Waals surface area contributed by atoms with Crippen LogP contribution in [-0.2, 0) is 5.60 Å². The number of nitrogens with one attached hydrogen (secondary N) is 1. The minimum absolute atomic E-state index is 0.371. The van der Waals surface area contributed by atoms with Crippen molar-refractivity contribution in [2.45, 2.75) is 5.60 Å². The Bertz CT molecular complexity index is 629. The van der Waals surface area contributed by atoms with E-state index in [1.54, 1.807) is 29.5 Å². The molecule has 0 saturated carbocycles. The number of hydrogen-bond acceptors (Lipinski definition) is 4. The molecule has 5 heteroatoms. The van der Waals surface area contributed by atoms with Gasteiger partial charge in [-0.25, -0.2) is 0 Å². The summed E-state index contributed by atoms with van der Waals surface area (Å²) < 4.78 is 6.13. The first-order chi connectivity index (χ1) is 9.23. The maximum Gasteiger partial charge on any atom is 0.168 e. The highest BCUT2D eigenvalue weighted by molar-refractivity contribution is 7.10. The Kier molecular flexibility index (Phi) is 3.19. The molecular weight excluding hydrogens is 280 g/mol. The molecule has 3 nitrogen and oxygen atoms in total. The van der Waals surface area contributed by atoms with E-state index in [1.165, 1.54) is 0 Å². The molecule has 1 fully saturated rings. The van der Waals surface area contributed by atoms with Crippen LogP contribution in [0.5, 0.6) is 5.75 Å². The average molecular weight is 291 g/mol. The third kappa shape index (κ3) is 2.21. The SMILES string of the molecule is N#Cc1ccc(Cl)cc1OC1(c2cccs2)CNC1. The molecule has 0 unspecified atom stereocenters. The molecule has 0 amide bonds. The number of nitriles is 1. The van der Waals surface area contributed by atoms with Gasteiger partial charge < -0.3 is 10.1 Å². The van der Waals surface area contributed by atoms with Crippen molar-refractivity contribution in [3.63, 3.8) is 0 Å². The molecule has 1 aliphatic rings. The molecule has 96 valence electrons. The molecule has 2 heterocycles. The van der Waals surface area contributed by atoms with Crippen molar-refractivity contribution in [3.05, 3.63) is 51.2 Å². The van der Waals surface area contributed by atoms with Crippen LogP contribution < -0.4 is 10.1 Å². The summed E-state index contributed by atoms with van der Waals surface area (Å²) in [5.41, 5.74) is 0.136. The third-order valence-corrected chi connectivity index (χ3v) is 4.45. The summed E-state index contributed by atoms with van der Waals surface area (Å²) in [5.74, 6) is 0.546. The maximum atomic E-state index is 9.14. The Balaban J connectivity index is 1.96. The molecule has 1 saturated heterocycles. The molecule has 1 aromatic carbocycles. The first kappa shape index (κ1) is 12.5. The van der Waals surface area contributed by atoms with Crippen LogP contribution in [0.2, 0.25) is 5.02 Å². The van der Waals surface area contributed by atoms with Gasteiger partial charge in [-0.15, -0.1) is 11.3 Å². The second kappa shape index (κ2) is 4.86. The van der Waals surface area contributed by atoms with Crippen LogP contribution in [0.1, 0.15) is 10.4 Å². The van der Waals surface area contributed by atoms with E-state index in [0.717, 1.165) is 18.0 Å². The minimum atomic E-state index is -0.371. The van der Waals surface area contributed by atoms with Crippen LogP contribution in [0, 0.1) is 11.3 Å². The van der Waals surface area contributed by atoms with E-state index in [4.69, 9.17) is 21.6 Å². The Labute approximate surface area is 120 Å². The summed E-state index contributed by atoms with van der Waals surface area (Å²) in [6.07, 6.45) is 0. The Hall–Kier alpha value is -1.54. The van der Waals surface area contributed by atoms with Gasteiger partial charge in [0, 0.05) is 24.2 Å². The van der Waals surface area contributed by atoms with Gasteiger partial charge in [-0.2, -0.15) is 5.26 Å². The molecule has 0 atom stereocenters. The average Bonchev–Trinajstić information content (AvgIpc) is 2.88. The zero-order chi connectivity index (χ0) is 13.3. The van der Waals surface area contributed by atoms with Gasteiger partial charge in [-0.1, -0.05) is 17.7 Å². The molecule has 1 aromatic heterocycles. The fourth-order valence-corrected chi connectivity index (χ4v) is 3.09. The minimum Gasteiger partial charge on any atom is -0.478 e. The Morgan fingerprint density at radius 2 is 2.21 bits per heavy atom. The van der Waals surface area contributed by atoms with Crippen molar-refractivity contribution in [2.24, 2.45) is 0 Å². The lowest BCUT2D eigenvalue weighted by Crippen LogP contribution is -2.60. The van der Waals surface area contributed by atoms with Crippen molar-refractivity contribution in [1.29, 1.82) is 5.26 Å². The lowest BCUT2D eigenvalue weighted by Gasteiger charge is -2.42. The fraction of sp³-hybridized carbons (Fsp3) is 0.214. The van der Waals surface area contributed by atoms with Crippen molar-refractivity contribution in [1.82, 2.24) is 5.32 Å². The Morgan fingerprint density at radius 1 is 1.37 bits per heavy atom. The van der Waals surface area contributed by atoms with E-state index in [2.05, 4.69) is 17.5 Å². The predicted molar refractivity (Wildman–Crippen MR) is 75.7 cm³/mol. The summed E-state index contributed by atoms with van der Waals surface area (Å²) in [7, 11) is 0. The first-order valence-corrected chi connectivity index (χ1v) is 7.13. The van der Waals surface area contributed by atoms with Crippen LogP contribution >= 0.6 is 22.9 Å². The van der Waals surface area contributed by atoms with Crippen molar-refractivity contribution in [3.8, 4) is 11.8 Å². The number of thiophene rings is 1. The lowest BCUT2D eigenvalue weighted by molar-refractivity contribution is 0.0154. The largest absolute Gasteiger partial charge is 0.478 e. The molecular formula is C14H11ClN2OS. The predicted octanol–water partition coefficient (Wildman–Crippen LogP) is 3.15. The number of nitrogens with zero attached hydrogens (tertiary/aromatic N) is 1. The van der Waals surface area contributed by atoms with Gasteiger partial charge in [-0.05, 0) is 23.6 Å². The molecule has 0 bridgehead atoms. The van der Waals surface area contributed by atoms with Crippen LogP contribution in [0.25, 0.3) is 0 Å². The molecule has 1 N–H and O–H groups in total. The normalized spacial score (nSPS) is 16.4. The first-order valence-electron chi connectivity index (χ1n) is 5.87. The van der Waals surface area contributed by atoms with Gasteiger partial charge in [0.05, 0.1) is 10.4 Å². The number of benzene rings is 1. The summed E-state index contributed by atoms with van der Waals surface area (Å²) in [6.45, 7) is 1.48. The maximum absolute atomic E-state index is 9.14. The molecule has 1 aliphatic heterocycles. The van der Waals surface area contributed by atoms with E-state index >= 15 is 0 Å². The van der Waals surface area contributed by atoms with Crippen LogP contribution in [0.4, 0.5) is 0 Å². The summed E-state index contributed by atoms with van der Waals surface area (Å²) in [4.78, 5) is 1.16. The van der Waals surface area contributed by atoms with Gasteiger partial charge in [-0.3, -0.25) is 0 Å². The Morgan fingerprint density at radius 3 is 2.79 bits per heavy atom. The number of ether oxygens (including phenoxy) is 1. The lowest BCUT2D eigenvalue weighted by atomic mass is 9.94. The van der Waals surface area contributed by atoms with Crippen molar-refractivity contribution < 1.29 is 4.74 Å². The highest BCUT2D eigenvalue weighted by atomic mass is 35.5. The zero-order valence-electron chi connectivity index (χ0n) is 10.0. The van der Waals surface area contributed by atoms with Gasteiger partial charge in [0.15, 0.2) is 5.60 Å². The summed E-state index contributed by atoms with van der Waals surface area (Å²) in [5, 5.41) is 15.0. The second-order valence-electron chi connectivity index (χ2n) is 4.43. The van der Waals surface area contributed by atoms with Gasteiger partial charge in [0.25, 0.3) is 0 Å². The van der Waals surface area contributed by atoms with Crippen LogP contribution in [0.15, 0.2) is 35.7 Å². The van der Waals surface area contributed by atoms with Crippen LogP contribution in [0.3, 0.4) is 0 Å². The number of halogens is 1. The van der Waals surface area contributed by atoms with E-state index < -0.39 is 0 Å². The highest BCUT2D eigenvalue weighted by Crippen LogP contribution is 2.36. The number of rotatable bonds is 3. The highest BCUT2D eigenvalue weighted by Gasteiger charge is 2.42. The summed E-state index contributed by atoms with van der Waals surface area (Å²) in [6, 6.07) is 11.3. The van der Waals surface area contributed by atoms with Crippen molar-refractivity contribution in [2.75, 3.05) is 13.1 Å². The van der Waals surface area contributed by atoms with E-state index in [-0.39, 0.29) is 5.60 Å². The molecule has 0 radical (unpaired) electrons.